The predicted molar refractivity (Wildman–Crippen MR) is 326 cm³/mol. The lowest BCUT2D eigenvalue weighted by atomic mass is 9.79. The second-order valence-electron chi connectivity index (χ2n) is 23.6. The van der Waals surface area contributed by atoms with E-state index in [-0.39, 0.29) is 10.8 Å². The number of hydrogen-bond acceptors (Lipinski definition) is 1. The molecule has 0 unspecified atom stereocenters. The third-order valence-corrected chi connectivity index (χ3v) is 16.9. The second-order valence-corrected chi connectivity index (χ2v) is 23.6. The minimum Gasteiger partial charge on any atom is -0.344 e. The highest BCUT2D eigenvalue weighted by Gasteiger charge is 2.45. The molecule has 0 aliphatic carbocycles. The Morgan fingerprint density at radius 1 is 0.397 bits per heavy atom. The first kappa shape index (κ1) is 58.1. The van der Waals surface area contributed by atoms with Crippen molar-refractivity contribution in [2.24, 2.45) is 0 Å². The molecule has 6 rings (SSSR count). The highest BCUT2D eigenvalue weighted by atomic mass is 15.2. The van der Waals surface area contributed by atoms with Crippen molar-refractivity contribution in [2.45, 2.75) is 258 Å². The summed E-state index contributed by atoms with van der Waals surface area (Å²) in [6.07, 6.45) is 60.9. The molecule has 2 heteroatoms. The molecule has 73 heavy (non-hydrogen) atoms. The maximum atomic E-state index is 2.66. The number of fused-ring (bicyclic) bond motifs is 6. The van der Waals surface area contributed by atoms with E-state index in [4.69, 9.17) is 0 Å². The normalized spacial score (nSPS) is 15.8. The molecule has 0 radical (unpaired) electrons. The first-order valence-corrected chi connectivity index (χ1v) is 31.0. The molecule has 0 saturated heterocycles. The van der Waals surface area contributed by atoms with E-state index in [1.807, 2.05) is 0 Å². The van der Waals surface area contributed by atoms with Crippen molar-refractivity contribution in [1.29, 1.82) is 0 Å². The molecule has 4 aromatic carbocycles. The number of allylic oxidation sites excluding steroid dienone is 8. The van der Waals surface area contributed by atoms with E-state index in [1.165, 1.54) is 261 Å². The molecule has 398 valence electrons. The van der Waals surface area contributed by atoms with Crippen molar-refractivity contribution < 1.29 is 4.58 Å². The third-order valence-electron chi connectivity index (χ3n) is 16.9. The maximum absolute atomic E-state index is 2.66. The molecule has 2 nitrogen and oxygen atoms in total. The summed E-state index contributed by atoms with van der Waals surface area (Å²) >= 11 is 0. The van der Waals surface area contributed by atoms with Gasteiger partial charge in [-0.15, -0.1) is 0 Å². The molecule has 0 spiro atoms. The third kappa shape index (κ3) is 17.4. The van der Waals surface area contributed by atoms with Crippen LogP contribution in [-0.4, -0.2) is 23.4 Å². The molecule has 2 aliphatic heterocycles. The van der Waals surface area contributed by atoms with Gasteiger partial charge in [0.25, 0.3) is 0 Å². The van der Waals surface area contributed by atoms with Gasteiger partial charge in [-0.25, -0.2) is 0 Å². The summed E-state index contributed by atoms with van der Waals surface area (Å²) < 4.78 is 2.66. The maximum Gasteiger partial charge on any atom is 0.210 e. The number of nitrogens with zero attached hydrogens (tertiary/aromatic N) is 2. The van der Waals surface area contributed by atoms with E-state index < -0.39 is 0 Å². The van der Waals surface area contributed by atoms with Crippen LogP contribution < -0.4 is 4.90 Å². The van der Waals surface area contributed by atoms with Crippen LogP contribution in [0.2, 0.25) is 0 Å². The molecule has 0 fully saturated rings. The molecule has 4 aromatic rings. The Balaban J connectivity index is 1.01. The summed E-state index contributed by atoms with van der Waals surface area (Å²) in [7, 11) is 0. The van der Waals surface area contributed by atoms with Crippen LogP contribution in [0.4, 0.5) is 11.4 Å². The quantitative estimate of drug-likeness (QED) is 0.0246. The van der Waals surface area contributed by atoms with Crippen molar-refractivity contribution >= 4 is 38.6 Å². The lowest BCUT2D eigenvalue weighted by Crippen LogP contribution is -2.28. The molecule has 0 aromatic heterocycles. The van der Waals surface area contributed by atoms with Crippen molar-refractivity contribution in [3.05, 3.63) is 132 Å². The summed E-state index contributed by atoms with van der Waals surface area (Å²) in [4.78, 5) is 2.66. The summed E-state index contributed by atoms with van der Waals surface area (Å²) in [6.45, 7) is 16.5. The number of rotatable bonds is 38. The van der Waals surface area contributed by atoms with Crippen LogP contribution in [-0.2, 0) is 10.8 Å². The fourth-order valence-corrected chi connectivity index (χ4v) is 12.7. The van der Waals surface area contributed by atoms with Crippen molar-refractivity contribution in [3.8, 4) is 0 Å². The lowest BCUT2D eigenvalue weighted by molar-refractivity contribution is -0.438. The Morgan fingerprint density at radius 2 is 0.808 bits per heavy atom. The fourth-order valence-electron chi connectivity index (χ4n) is 12.7. The van der Waals surface area contributed by atoms with Crippen LogP contribution in [0.25, 0.3) is 21.5 Å². The van der Waals surface area contributed by atoms with Gasteiger partial charge in [0, 0.05) is 47.5 Å². The van der Waals surface area contributed by atoms with Gasteiger partial charge in [-0.2, -0.15) is 4.58 Å². The van der Waals surface area contributed by atoms with Gasteiger partial charge in [0.2, 0.25) is 5.69 Å². The van der Waals surface area contributed by atoms with Gasteiger partial charge in [0.1, 0.15) is 6.54 Å². The minimum absolute atomic E-state index is 0.0844. The van der Waals surface area contributed by atoms with E-state index in [1.54, 1.807) is 0 Å². The molecule has 0 N–H and O–H groups in total. The van der Waals surface area contributed by atoms with E-state index in [9.17, 15) is 0 Å². The molecule has 2 heterocycles. The topological polar surface area (TPSA) is 6.25 Å². The summed E-state index contributed by atoms with van der Waals surface area (Å²) in [5, 5.41) is 5.47. The van der Waals surface area contributed by atoms with E-state index in [0.717, 1.165) is 13.1 Å². The first-order valence-electron chi connectivity index (χ1n) is 31.0. The van der Waals surface area contributed by atoms with Gasteiger partial charge in [0.15, 0.2) is 5.71 Å². The predicted octanol–water partition coefficient (Wildman–Crippen LogP) is 22.2. The number of unbranched alkanes of at least 4 members (excludes halogenated alkanes) is 30. The lowest BCUT2D eigenvalue weighted by Gasteiger charge is -2.27. The highest BCUT2D eigenvalue weighted by Crippen LogP contribution is 2.51. The SMILES string of the molecule is CCCCCCCCCCCCCCCCCCN1C(=CC=CC=CC=CC2=[N+](CCCCCCCCCCCCCCCCCC)c3ccc4ccccc4c3C2(C)C)C(C)(C)c2c1ccc1ccccc21. The highest BCUT2D eigenvalue weighted by molar-refractivity contribution is 6.07. The van der Waals surface area contributed by atoms with Crippen molar-refractivity contribution in [3.63, 3.8) is 0 Å². The minimum atomic E-state index is -0.0844. The molecule has 0 atom stereocenters. The van der Waals surface area contributed by atoms with Crippen LogP contribution in [0.1, 0.15) is 258 Å². The summed E-state index contributed by atoms with van der Waals surface area (Å²) in [5.41, 5.74) is 8.42. The van der Waals surface area contributed by atoms with Crippen molar-refractivity contribution in [1.82, 2.24) is 0 Å². The van der Waals surface area contributed by atoms with Crippen LogP contribution >= 0.6 is 0 Å². The summed E-state index contributed by atoms with van der Waals surface area (Å²) in [6, 6.07) is 27.5. The molecule has 0 bridgehead atoms. The van der Waals surface area contributed by atoms with E-state index >= 15 is 0 Å². The Kier molecular flexibility index (Phi) is 25.7. The van der Waals surface area contributed by atoms with Gasteiger partial charge in [0.05, 0.1) is 5.41 Å². The largest absolute Gasteiger partial charge is 0.344 e. The standard InChI is InChI=1S/C71H105N2/c1-7-9-11-13-15-17-19-21-23-25-27-29-31-33-38-46-58-72-64-56-54-60-48-42-44-50-62(60)68(64)70(3,4)66(72)52-40-36-35-37-41-53-67-71(5,6)69-63-51-45-43-49-61(63)55-57-65(69)73(67)59-47-39-34-32-30-28-26-24-22-20-18-16-14-12-10-8-2/h35-37,40-45,48-57H,7-34,38-39,46-47,58-59H2,1-6H3/q+1. The summed E-state index contributed by atoms with van der Waals surface area (Å²) in [5.74, 6) is 0. The second kappa shape index (κ2) is 32.3. The first-order chi connectivity index (χ1) is 35.8. The Hall–Kier alpha value is -4.17. The van der Waals surface area contributed by atoms with Gasteiger partial charge in [-0.1, -0.05) is 299 Å². The zero-order valence-electron chi connectivity index (χ0n) is 47.9. The monoisotopic (exact) mass is 986 g/mol. The molecule has 2 aliphatic rings. The van der Waals surface area contributed by atoms with Gasteiger partial charge in [-0.3, -0.25) is 0 Å². The smallest absolute Gasteiger partial charge is 0.210 e. The number of anilines is 1. The van der Waals surface area contributed by atoms with Crippen LogP contribution in [0.5, 0.6) is 0 Å². The zero-order chi connectivity index (χ0) is 51.4. The average Bonchev–Trinajstić information content (AvgIpc) is 3.75. The average molecular weight is 987 g/mol. The van der Waals surface area contributed by atoms with Gasteiger partial charge >= 0.3 is 0 Å². The van der Waals surface area contributed by atoms with Crippen LogP contribution in [0.3, 0.4) is 0 Å². The Morgan fingerprint density at radius 3 is 1.32 bits per heavy atom. The Bertz CT molecular complexity index is 2360. The molecule has 0 saturated carbocycles. The van der Waals surface area contributed by atoms with Crippen LogP contribution in [0, 0.1) is 0 Å². The van der Waals surface area contributed by atoms with Gasteiger partial charge < -0.3 is 4.90 Å². The van der Waals surface area contributed by atoms with E-state index in [2.05, 4.69) is 166 Å². The molecular formula is C71H105N2+. The molecule has 0 amide bonds. The molecular weight excluding hydrogens is 881 g/mol. The van der Waals surface area contributed by atoms with Gasteiger partial charge in [-0.05, 0) is 72.0 Å². The van der Waals surface area contributed by atoms with Crippen LogP contribution in [0.15, 0.2) is 121 Å². The van der Waals surface area contributed by atoms with E-state index in [0.29, 0.717) is 0 Å². The van der Waals surface area contributed by atoms with Crippen molar-refractivity contribution in [2.75, 3.05) is 18.0 Å². The fraction of sp³-hybridized carbons (Fsp3) is 0.592. The number of hydrogen-bond donors (Lipinski definition) is 0. The Labute approximate surface area is 449 Å². The number of benzene rings is 4. The zero-order valence-corrected chi connectivity index (χ0v) is 47.9.